The Morgan fingerprint density at radius 1 is 1.23 bits per heavy atom. The number of hydrogen-bond donors (Lipinski definition) is 0. The van der Waals surface area contributed by atoms with E-state index < -0.39 is 0 Å². The first kappa shape index (κ1) is 15.5. The highest BCUT2D eigenvalue weighted by Gasteiger charge is 2.32. The standard InChI is InChI=1S/C18H28N4/c1-13(2)21-12-7-6-10-15(21)22-16-14(9-8-11-19-16)20-17(22)18(3,4)5/h8-9,11,13,15H,6-7,10,12H2,1-5H3. The third-order valence-electron chi connectivity index (χ3n) is 4.59. The maximum Gasteiger partial charge on any atom is 0.161 e. The van der Waals surface area contributed by atoms with Crippen LogP contribution < -0.4 is 0 Å². The molecule has 0 saturated carbocycles. The molecule has 0 aromatic carbocycles. The first-order valence-electron chi connectivity index (χ1n) is 8.49. The molecule has 3 heterocycles. The molecule has 2 aromatic rings. The van der Waals surface area contributed by atoms with Gasteiger partial charge in [0, 0.05) is 24.2 Å². The minimum atomic E-state index is 0.0147. The normalized spacial score (nSPS) is 20.9. The van der Waals surface area contributed by atoms with Gasteiger partial charge in [0.1, 0.15) is 11.3 Å². The maximum atomic E-state index is 4.93. The van der Waals surface area contributed by atoms with Gasteiger partial charge in [0.05, 0.1) is 6.17 Å². The average molecular weight is 300 g/mol. The van der Waals surface area contributed by atoms with E-state index in [0.717, 1.165) is 17.0 Å². The van der Waals surface area contributed by atoms with Crippen molar-refractivity contribution in [2.24, 2.45) is 0 Å². The van der Waals surface area contributed by atoms with Crippen LogP contribution in [0.3, 0.4) is 0 Å². The number of fused-ring (bicyclic) bond motifs is 1. The van der Waals surface area contributed by atoms with E-state index in [4.69, 9.17) is 4.98 Å². The third kappa shape index (κ3) is 2.65. The second-order valence-electron chi connectivity index (χ2n) is 7.71. The molecule has 0 aliphatic carbocycles. The first-order chi connectivity index (χ1) is 10.4. The van der Waals surface area contributed by atoms with Crippen LogP contribution in [0.5, 0.6) is 0 Å². The number of piperidine rings is 1. The van der Waals surface area contributed by atoms with E-state index in [2.05, 4.69) is 55.1 Å². The molecular formula is C18H28N4. The summed E-state index contributed by atoms with van der Waals surface area (Å²) >= 11 is 0. The molecule has 0 bridgehead atoms. The lowest BCUT2D eigenvalue weighted by Crippen LogP contribution is -2.42. The monoisotopic (exact) mass is 300 g/mol. The number of pyridine rings is 1. The lowest BCUT2D eigenvalue weighted by Gasteiger charge is -2.41. The molecule has 0 amide bonds. The molecule has 1 fully saturated rings. The van der Waals surface area contributed by atoms with Crippen molar-refractivity contribution in [3.05, 3.63) is 24.2 Å². The van der Waals surface area contributed by atoms with Crippen molar-refractivity contribution in [2.45, 2.75) is 71.5 Å². The fraction of sp³-hybridized carbons (Fsp3) is 0.667. The zero-order valence-electron chi connectivity index (χ0n) is 14.5. The van der Waals surface area contributed by atoms with E-state index in [1.165, 1.54) is 25.8 Å². The van der Waals surface area contributed by atoms with Crippen LogP contribution in [0.25, 0.3) is 11.2 Å². The Kier molecular flexibility index (Phi) is 3.98. The van der Waals surface area contributed by atoms with Crippen molar-refractivity contribution < 1.29 is 0 Å². The Morgan fingerprint density at radius 2 is 2.00 bits per heavy atom. The fourth-order valence-corrected chi connectivity index (χ4v) is 3.56. The largest absolute Gasteiger partial charge is 0.296 e. The number of hydrogen-bond acceptors (Lipinski definition) is 3. The van der Waals surface area contributed by atoms with Crippen LogP contribution in [0.2, 0.25) is 0 Å². The Bertz CT molecular complexity index is 651. The smallest absolute Gasteiger partial charge is 0.161 e. The van der Waals surface area contributed by atoms with Gasteiger partial charge in [-0.25, -0.2) is 9.97 Å². The molecule has 0 radical (unpaired) electrons. The van der Waals surface area contributed by atoms with Gasteiger partial charge in [-0.05, 0) is 45.2 Å². The summed E-state index contributed by atoms with van der Waals surface area (Å²) in [6.45, 7) is 12.5. The second-order valence-corrected chi connectivity index (χ2v) is 7.71. The van der Waals surface area contributed by atoms with Crippen molar-refractivity contribution in [3.63, 3.8) is 0 Å². The number of likely N-dealkylation sites (tertiary alicyclic amines) is 1. The van der Waals surface area contributed by atoms with Gasteiger partial charge >= 0.3 is 0 Å². The molecule has 4 nitrogen and oxygen atoms in total. The van der Waals surface area contributed by atoms with E-state index in [1.54, 1.807) is 0 Å². The van der Waals surface area contributed by atoms with Crippen LogP contribution in [-0.4, -0.2) is 32.0 Å². The lowest BCUT2D eigenvalue weighted by atomic mass is 9.95. The minimum absolute atomic E-state index is 0.0147. The topological polar surface area (TPSA) is 34.0 Å². The Balaban J connectivity index is 2.19. The Hall–Kier alpha value is -1.42. The number of nitrogens with zero attached hydrogens (tertiary/aromatic N) is 4. The highest BCUT2D eigenvalue weighted by molar-refractivity contribution is 5.71. The third-order valence-corrected chi connectivity index (χ3v) is 4.59. The number of imidazole rings is 1. The van der Waals surface area contributed by atoms with E-state index in [0.29, 0.717) is 12.2 Å². The summed E-state index contributed by atoms with van der Waals surface area (Å²) in [6, 6.07) is 4.60. The summed E-state index contributed by atoms with van der Waals surface area (Å²) in [4.78, 5) is 12.2. The molecule has 22 heavy (non-hydrogen) atoms. The molecule has 3 rings (SSSR count). The van der Waals surface area contributed by atoms with Crippen LogP contribution in [0.15, 0.2) is 18.3 Å². The molecule has 1 aliphatic heterocycles. The quantitative estimate of drug-likeness (QED) is 0.836. The number of rotatable bonds is 2. The first-order valence-corrected chi connectivity index (χ1v) is 8.49. The summed E-state index contributed by atoms with van der Waals surface area (Å²) in [6.07, 6.45) is 6.02. The molecule has 1 atom stereocenters. The molecule has 1 unspecified atom stereocenters. The fourth-order valence-electron chi connectivity index (χ4n) is 3.56. The molecule has 1 saturated heterocycles. The second kappa shape index (κ2) is 5.65. The van der Waals surface area contributed by atoms with Crippen molar-refractivity contribution in [3.8, 4) is 0 Å². The van der Waals surface area contributed by atoms with Gasteiger partial charge in [0.25, 0.3) is 0 Å². The van der Waals surface area contributed by atoms with Crippen molar-refractivity contribution in [1.82, 2.24) is 19.4 Å². The molecule has 120 valence electrons. The predicted molar refractivity (Wildman–Crippen MR) is 91.0 cm³/mol. The maximum absolute atomic E-state index is 4.93. The summed E-state index contributed by atoms with van der Waals surface area (Å²) in [5.41, 5.74) is 2.06. The summed E-state index contributed by atoms with van der Waals surface area (Å²) in [5.74, 6) is 1.15. The van der Waals surface area contributed by atoms with Gasteiger partial charge in [0.2, 0.25) is 0 Å². The highest BCUT2D eigenvalue weighted by atomic mass is 15.3. The molecular weight excluding hydrogens is 272 g/mol. The van der Waals surface area contributed by atoms with E-state index in [1.807, 2.05) is 12.3 Å². The van der Waals surface area contributed by atoms with Crippen LogP contribution in [0, 0.1) is 0 Å². The highest BCUT2D eigenvalue weighted by Crippen LogP contribution is 2.35. The van der Waals surface area contributed by atoms with E-state index in [-0.39, 0.29) is 5.41 Å². The van der Waals surface area contributed by atoms with Crippen LogP contribution in [-0.2, 0) is 5.41 Å². The summed E-state index contributed by atoms with van der Waals surface area (Å²) in [7, 11) is 0. The van der Waals surface area contributed by atoms with Crippen LogP contribution >= 0.6 is 0 Å². The molecule has 1 aliphatic rings. The van der Waals surface area contributed by atoms with Crippen molar-refractivity contribution >= 4 is 11.2 Å². The molecule has 2 aromatic heterocycles. The SMILES string of the molecule is CC(C)N1CCCCC1n1c(C(C)(C)C)nc2cccnc21. The Morgan fingerprint density at radius 3 is 2.68 bits per heavy atom. The van der Waals surface area contributed by atoms with Crippen LogP contribution in [0.1, 0.15) is 65.9 Å². The van der Waals surface area contributed by atoms with Crippen molar-refractivity contribution in [1.29, 1.82) is 0 Å². The minimum Gasteiger partial charge on any atom is -0.296 e. The van der Waals surface area contributed by atoms with Gasteiger partial charge in [-0.1, -0.05) is 20.8 Å². The summed E-state index contributed by atoms with van der Waals surface area (Å²) in [5, 5.41) is 0. The van der Waals surface area contributed by atoms with Gasteiger partial charge in [-0.2, -0.15) is 0 Å². The van der Waals surface area contributed by atoms with E-state index >= 15 is 0 Å². The predicted octanol–water partition coefficient (Wildman–Crippen LogP) is 4.12. The van der Waals surface area contributed by atoms with Crippen molar-refractivity contribution in [2.75, 3.05) is 6.54 Å². The van der Waals surface area contributed by atoms with E-state index in [9.17, 15) is 0 Å². The lowest BCUT2D eigenvalue weighted by molar-refractivity contribution is 0.0628. The van der Waals surface area contributed by atoms with Crippen LogP contribution in [0.4, 0.5) is 0 Å². The van der Waals surface area contributed by atoms with Gasteiger partial charge < -0.3 is 0 Å². The zero-order chi connectivity index (χ0) is 15.9. The molecule has 4 heteroatoms. The average Bonchev–Trinajstić information content (AvgIpc) is 2.86. The van der Waals surface area contributed by atoms with Gasteiger partial charge in [-0.3, -0.25) is 9.47 Å². The summed E-state index contributed by atoms with van der Waals surface area (Å²) < 4.78 is 2.41. The zero-order valence-corrected chi connectivity index (χ0v) is 14.5. The Labute approximate surface area is 133 Å². The van der Waals surface area contributed by atoms with Gasteiger partial charge in [0.15, 0.2) is 5.65 Å². The number of aromatic nitrogens is 3. The van der Waals surface area contributed by atoms with Gasteiger partial charge in [-0.15, -0.1) is 0 Å². The molecule has 0 N–H and O–H groups in total. The molecule has 0 spiro atoms.